The van der Waals surface area contributed by atoms with Crippen LogP contribution in [0.5, 0.6) is 11.5 Å². The van der Waals surface area contributed by atoms with E-state index < -0.39 is 4.92 Å². The van der Waals surface area contributed by atoms with Crippen molar-refractivity contribution in [3.63, 3.8) is 0 Å². The van der Waals surface area contributed by atoms with Crippen LogP contribution < -0.4 is 14.8 Å². The van der Waals surface area contributed by atoms with Crippen LogP contribution in [0.3, 0.4) is 0 Å². The Balaban J connectivity index is 2.00. The molecule has 1 atom stereocenters. The molecule has 0 saturated heterocycles. The number of nitrogens with one attached hydrogen (secondary N) is 1. The zero-order valence-electron chi connectivity index (χ0n) is 15.2. The summed E-state index contributed by atoms with van der Waals surface area (Å²) in [5, 5.41) is 17.5. The van der Waals surface area contributed by atoms with Gasteiger partial charge in [-0.2, -0.15) is 4.68 Å². The average Bonchev–Trinajstić information content (AvgIpc) is 3.00. The summed E-state index contributed by atoms with van der Waals surface area (Å²) < 4.78 is 12.0. The van der Waals surface area contributed by atoms with Crippen LogP contribution in [-0.4, -0.2) is 34.8 Å². The lowest BCUT2D eigenvalue weighted by atomic mass is 10.1. The average molecular weight is 362 g/mol. The molecule has 1 heterocycles. The highest BCUT2D eigenvalue weighted by Gasteiger charge is 2.18. The third-order valence-electron chi connectivity index (χ3n) is 3.99. The van der Waals surface area contributed by atoms with Crippen LogP contribution in [0.25, 0.3) is 0 Å². The van der Waals surface area contributed by atoms with Crippen molar-refractivity contribution in [2.45, 2.75) is 32.9 Å². The predicted molar refractivity (Wildman–Crippen MR) is 94.3 cm³/mol. The smallest absolute Gasteiger partial charge is 0.390 e. The highest BCUT2D eigenvalue weighted by Crippen LogP contribution is 2.29. The summed E-state index contributed by atoms with van der Waals surface area (Å²) in [7, 11) is 3.13. The molecule has 140 valence electrons. The van der Waals surface area contributed by atoms with Gasteiger partial charge >= 0.3 is 5.82 Å². The molecular formula is C17H22N4O5. The Kier molecular flexibility index (Phi) is 6.16. The number of carbonyl (C=O) groups is 1. The first-order valence-corrected chi connectivity index (χ1v) is 8.05. The van der Waals surface area contributed by atoms with Crippen LogP contribution in [-0.2, 0) is 11.3 Å². The summed E-state index contributed by atoms with van der Waals surface area (Å²) in [6.45, 7) is 3.81. The van der Waals surface area contributed by atoms with Crippen molar-refractivity contribution < 1.29 is 19.2 Å². The summed E-state index contributed by atoms with van der Waals surface area (Å²) >= 11 is 0. The maximum absolute atomic E-state index is 12.2. The van der Waals surface area contributed by atoms with Gasteiger partial charge in [0.1, 0.15) is 11.5 Å². The maximum atomic E-state index is 12.2. The Labute approximate surface area is 151 Å². The van der Waals surface area contributed by atoms with E-state index in [-0.39, 0.29) is 30.7 Å². The van der Waals surface area contributed by atoms with Gasteiger partial charge in [-0.3, -0.25) is 4.79 Å². The van der Waals surface area contributed by atoms with Gasteiger partial charge in [0.05, 0.1) is 43.7 Å². The van der Waals surface area contributed by atoms with Gasteiger partial charge in [-0.05, 0) is 37.0 Å². The van der Waals surface area contributed by atoms with Gasteiger partial charge in [0.25, 0.3) is 0 Å². The van der Waals surface area contributed by atoms with Crippen LogP contribution >= 0.6 is 0 Å². The normalized spacial score (nSPS) is 11.7. The van der Waals surface area contributed by atoms with E-state index in [4.69, 9.17) is 9.47 Å². The van der Waals surface area contributed by atoms with E-state index in [1.165, 1.54) is 10.7 Å². The Hall–Kier alpha value is -3.10. The second kappa shape index (κ2) is 8.32. The fraction of sp³-hybridized carbons (Fsp3) is 0.412. The number of ether oxygens (including phenoxy) is 2. The third kappa shape index (κ3) is 4.50. The number of hydrogen-bond acceptors (Lipinski definition) is 6. The third-order valence-corrected chi connectivity index (χ3v) is 3.99. The van der Waals surface area contributed by atoms with Gasteiger partial charge < -0.3 is 24.9 Å². The summed E-state index contributed by atoms with van der Waals surface area (Å²) in [5.74, 6) is 0.899. The minimum absolute atomic E-state index is 0.149. The largest absolute Gasteiger partial charge is 0.497 e. The Morgan fingerprint density at radius 2 is 2.08 bits per heavy atom. The monoisotopic (exact) mass is 362 g/mol. The first-order valence-electron chi connectivity index (χ1n) is 8.05. The van der Waals surface area contributed by atoms with Crippen molar-refractivity contribution in [2.24, 2.45) is 0 Å². The molecule has 26 heavy (non-hydrogen) atoms. The molecule has 9 heteroatoms. The number of hydrogen-bond donors (Lipinski definition) is 1. The summed E-state index contributed by atoms with van der Waals surface area (Å²) in [6, 6.07) is 6.46. The molecule has 0 radical (unpaired) electrons. The maximum Gasteiger partial charge on any atom is 0.390 e. The lowest BCUT2D eigenvalue weighted by Gasteiger charge is -2.18. The SMILES string of the molecule is COc1ccc(OC)c(C(C)NC(=O)CCn2nc([N+](=O)[O-])cc2C)c1. The number of methoxy groups -OCH3 is 2. The Bertz CT molecular complexity index is 802. The van der Waals surface area contributed by atoms with Crippen LogP contribution in [0, 0.1) is 17.0 Å². The van der Waals surface area contributed by atoms with Gasteiger partial charge in [-0.15, -0.1) is 0 Å². The van der Waals surface area contributed by atoms with E-state index in [1.807, 2.05) is 13.0 Å². The topological polar surface area (TPSA) is 109 Å². The van der Waals surface area contributed by atoms with Gasteiger partial charge in [0.15, 0.2) is 0 Å². The van der Waals surface area contributed by atoms with Crippen molar-refractivity contribution in [3.05, 3.63) is 45.6 Å². The summed E-state index contributed by atoms with van der Waals surface area (Å²) in [4.78, 5) is 22.4. The van der Waals surface area contributed by atoms with Gasteiger partial charge in [0.2, 0.25) is 5.91 Å². The second-order valence-electron chi connectivity index (χ2n) is 5.77. The van der Waals surface area contributed by atoms with E-state index in [2.05, 4.69) is 10.4 Å². The number of aryl methyl sites for hydroxylation is 2. The number of carbonyl (C=O) groups excluding carboxylic acids is 1. The molecule has 1 aromatic carbocycles. The molecule has 0 aliphatic heterocycles. The first kappa shape index (κ1) is 19.2. The molecule has 0 aliphatic rings. The van der Waals surface area contributed by atoms with Crippen molar-refractivity contribution in [1.82, 2.24) is 15.1 Å². The van der Waals surface area contributed by atoms with Gasteiger partial charge in [-0.1, -0.05) is 0 Å². The highest BCUT2D eigenvalue weighted by molar-refractivity contribution is 5.76. The van der Waals surface area contributed by atoms with E-state index >= 15 is 0 Å². The van der Waals surface area contributed by atoms with E-state index in [1.54, 1.807) is 33.3 Å². The Morgan fingerprint density at radius 3 is 2.65 bits per heavy atom. The number of rotatable bonds is 8. The molecule has 2 aromatic rings. The number of nitro groups is 1. The molecular weight excluding hydrogens is 340 g/mol. The predicted octanol–water partition coefficient (Wildman–Crippen LogP) is 2.38. The standard InChI is InChI=1S/C17H22N4O5/c1-11-9-16(21(23)24)19-20(11)8-7-17(22)18-12(2)14-10-13(25-3)5-6-15(14)26-4/h5-6,9-10,12H,7-8H2,1-4H3,(H,18,22). The fourth-order valence-electron chi connectivity index (χ4n) is 2.58. The number of benzene rings is 1. The molecule has 1 amide bonds. The summed E-state index contributed by atoms with van der Waals surface area (Å²) in [6.07, 6.45) is 0.149. The van der Waals surface area contributed by atoms with Crippen LogP contribution in [0.1, 0.15) is 30.6 Å². The molecule has 9 nitrogen and oxygen atoms in total. The minimum atomic E-state index is -0.555. The molecule has 0 fully saturated rings. The van der Waals surface area contributed by atoms with E-state index in [0.717, 1.165) is 5.56 Å². The summed E-state index contributed by atoms with van der Waals surface area (Å²) in [5.41, 5.74) is 1.43. The second-order valence-corrected chi connectivity index (χ2v) is 5.77. The number of aromatic nitrogens is 2. The quantitative estimate of drug-likeness (QED) is 0.570. The van der Waals surface area contributed by atoms with Crippen molar-refractivity contribution in [1.29, 1.82) is 0 Å². The van der Waals surface area contributed by atoms with Crippen molar-refractivity contribution in [3.8, 4) is 11.5 Å². The molecule has 0 saturated carbocycles. The zero-order chi connectivity index (χ0) is 19.3. The fourth-order valence-corrected chi connectivity index (χ4v) is 2.58. The molecule has 1 N–H and O–H groups in total. The molecule has 1 unspecified atom stereocenters. The van der Waals surface area contributed by atoms with Crippen molar-refractivity contribution in [2.75, 3.05) is 14.2 Å². The lowest BCUT2D eigenvalue weighted by Crippen LogP contribution is -2.28. The van der Waals surface area contributed by atoms with Crippen LogP contribution in [0.2, 0.25) is 0 Å². The minimum Gasteiger partial charge on any atom is -0.497 e. The lowest BCUT2D eigenvalue weighted by molar-refractivity contribution is -0.389. The van der Waals surface area contributed by atoms with Crippen molar-refractivity contribution >= 4 is 11.7 Å². The molecule has 2 rings (SSSR count). The van der Waals surface area contributed by atoms with Gasteiger partial charge in [0, 0.05) is 12.0 Å². The van der Waals surface area contributed by atoms with Gasteiger partial charge in [-0.25, -0.2) is 0 Å². The zero-order valence-corrected chi connectivity index (χ0v) is 15.2. The van der Waals surface area contributed by atoms with E-state index in [9.17, 15) is 14.9 Å². The molecule has 0 spiro atoms. The molecule has 1 aromatic heterocycles. The van der Waals surface area contributed by atoms with Crippen LogP contribution in [0.15, 0.2) is 24.3 Å². The molecule has 0 aliphatic carbocycles. The first-order chi connectivity index (χ1) is 12.3. The molecule has 0 bridgehead atoms. The number of nitrogens with zero attached hydrogens (tertiary/aromatic N) is 3. The van der Waals surface area contributed by atoms with Crippen LogP contribution in [0.4, 0.5) is 5.82 Å². The number of amides is 1. The van der Waals surface area contributed by atoms with E-state index in [0.29, 0.717) is 17.2 Å². The highest BCUT2D eigenvalue weighted by atomic mass is 16.6. The Morgan fingerprint density at radius 1 is 1.35 bits per heavy atom.